The van der Waals surface area contributed by atoms with Crippen LogP contribution in [0.2, 0.25) is 0 Å². The molecule has 132 valence electrons. The van der Waals surface area contributed by atoms with Gasteiger partial charge < -0.3 is 15.0 Å². The smallest absolute Gasteiger partial charge is 0.333 e. The van der Waals surface area contributed by atoms with Crippen molar-refractivity contribution < 1.29 is 9.53 Å². The highest BCUT2D eigenvalue weighted by atomic mass is 16.5. The van der Waals surface area contributed by atoms with Gasteiger partial charge in [0.05, 0.1) is 0 Å². The number of nitrogens with zero attached hydrogens (tertiary/aromatic N) is 1. The molecule has 1 aliphatic heterocycles. The molecule has 0 amide bonds. The molecule has 2 aromatic rings. The van der Waals surface area contributed by atoms with Crippen LogP contribution in [0.4, 0.5) is 5.69 Å². The Hall–Kier alpha value is -2.33. The number of esters is 1. The third-order valence-corrected chi connectivity index (χ3v) is 4.81. The van der Waals surface area contributed by atoms with Gasteiger partial charge in [-0.3, -0.25) is 0 Å². The van der Waals surface area contributed by atoms with E-state index in [2.05, 4.69) is 24.2 Å². The van der Waals surface area contributed by atoms with Crippen molar-refractivity contribution in [1.29, 1.82) is 0 Å². The summed E-state index contributed by atoms with van der Waals surface area (Å²) in [6.45, 7) is 4.01. The Morgan fingerprint density at radius 1 is 1.12 bits per heavy atom. The van der Waals surface area contributed by atoms with Crippen LogP contribution >= 0.6 is 0 Å². The summed E-state index contributed by atoms with van der Waals surface area (Å²) >= 11 is 0. The fourth-order valence-corrected chi connectivity index (χ4v) is 3.18. The number of rotatable bonds is 5. The number of carbonyl (C=O) groups excluding carboxylic acids is 1. The number of hydrogen-bond acceptors (Lipinski definition) is 4. The zero-order valence-electron chi connectivity index (χ0n) is 14.9. The van der Waals surface area contributed by atoms with Crippen molar-refractivity contribution in [3.63, 3.8) is 0 Å². The normalized spacial score (nSPS) is 22.2. The van der Waals surface area contributed by atoms with Crippen LogP contribution < -0.4 is 5.32 Å². The highest BCUT2D eigenvalue weighted by Crippen LogP contribution is 2.25. The Morgan fingerprint density at radius 3 is 2.44 bits per heavy atom. The number of ether oxygens (including phenoxy) is 1. The molecule has 0 aliphatic carbocycles. The maximum Gasteiger partial charge on any atom is 0.333 e. The molecule has 1 fully saturated rings. The number of para-hydroxylation sites is 1. The minimum absolute atomic E-state index is 0.0602. The second-order valence-corrected chi connectivity index (χ2v) is 6.86. The molecule has 3 atom stereocenters. The van der Waals surface area contributed by atoms with Gasteiger partial charge in [-0.15, -0.1) is 0 Å². The first kappa shape index (κ1) is 17.5. The summed E-state index contributed by atoms with van der Waals surface area (Å²) in [4.78, 5) is 15.2. The fourth-order valence-electron chi connectivity index (χ4n) is 3.18. The van der Waals surface area contributed by atoms with E-state index in [0.29, 0.717) is 5.92 Å². The molecule has 1 aliphatic rings. The molecule has 1 heterocycles. The standard InChI is InChI=1S/C21H26N2O2/c1-16-13-14-23(2)15-19(16)25-21(24)20(17-9-5-3-6-10-17)22-18-11-7-4-8-12-18/h3-12,16,19-20,22H,13-15H2,1-2H3/t16?,19-,20+/m0/s1. The lowest BCUT2D eigenvalue weighted by Crippen LogP contribution is -2.44. The summed E-state index contributed by atoms with van der Waals surface area (Å²) in [5, 5.41) is 3.32. The van der Waals surface area contributed by atoms with E-state index in [4.69, 9.17) is 4.74 Å². The van der Waals surface area contributed by atoms with Gasteiger partial charge in [0.15, 0.2) is 6.04 Å². The number of likely N-dealkylation sites (tertiary alicyclic amines) is 1. The molecule has 25 heavy (non-hydrogen) atoms. The first-order valence-corrected chi connectivity index (χ1v) is 8.89. The van der Waals surface area contributed by atoms with Crippen molar-refractivity contribution in [3.8, 4) is 0 Å². The van der Waals surface area contributed by atoms with Crippen molar-refractivity contribution in [2.75, 3.05) is 25.5 Å². The minimum Gasteiger partial charge on any atom is -0.459 e. The van der Waals surface area contributed by atoms with Crippen LogP contribution in [0.25, 0.3) is 0 Å². The van der Waals surface area contributed by atoms with Crippen LogP contribution in [0.5, 0.6) is 0 Å². The lowest BCUT2D eigenvalue weighted by molar-refractivity contribution is -0.155. The van der Waals surface area contributed by atoms with Gasteiger partial charge in [-0.25, -0.2) is 4.79 Å². The molecule has 1 N–H and O–H groups in total. The molecular weight excluding hydrogens is 312 g/mol. The molecule has 0 bridgehead atoms. The second-order valence-electron chi connectivity index (χ2n) is 6.86. The Bertz CT molecular complexity index is 675. The van der Waals surface area contributed by atoms with E-state index in [-0.39, 0.29) is 12.1 Å². The number of benzene rings is 2. The molecule has 1 saturated heterocycles. The largest absolute Gasteiger partial charge is 0.459 e. The molecule has 2 aromatic carbocycles. The number of hydrogen-bond donors (Lipinski definition) is 1. The van der Waals surface area contributed by atoms with Gasteiger partial charge in [0.25, 0.3) is 0 Å². The molecule has 4 nitrogen and oxygen atoms in total. The first-order valence-electron chi connectivity index (χ1n) is 8.89. The Labute approximate surface area is 149 Å². The van der Waals surface area contributed by atoms with Gasteiger partial charge >= 0.3 is 5.97 Å². The van der Waals surface area contributed by atoms with Crippen LogP contribution in [0.15, 0.2) is 60.7 Å². The maximum atomic E-state index is 13.0. The summed E-state index contributed by atoms with van der Waals surface area (Å²) in [5.41, 5.74) is 1.82. The summed E-state index contributed by atoms with van der Waals surface area (Å²) in [7, 11) is 2.07. The van der Waals surface area contributed by atoms with Crippen LogP contribution in [0, 0.1) is 5.92 Å². The topological polar surface area (TPSA) is 41.6 Å². The SMILES string of the molecule is CC1CCN(C)C[C@@H]1OC(=O)[C@H](Nc1ccccc1)c1ccccc1. The van der Waals surface area contributed by atoms with Crippen molar-refractivity contribution in [2.24, 2.45) is 5.92 Å². The van der Waals surface area contributed by atoms with Crippen molar-refractivity contribution >= 4 is 11.7 Å². The average Bonchev–Trinajstić information content (AvgIpc) is 2.64. The Balaban J connectivity index is 1.77. The summed E-state index contributed by atoms with van der Waals surface area (Å²) < 4.78 is 5.92. The van der Waals surface area contributed by atoms with E-state index in [0.717, 1.165) is 30.8 Å². The summed E-state index contributed by atoms with van der Waals surface area (Å²) in [6, 6.07) is 19.0. The van der Waals surface area contributed by atoms with Crippen LogP contribution in [0.3, 0.4) is 0 Å². The highest BCUT2D eigenvalue weighted by molar-refractivity contribution is 5.81. The van der Waals surface area contributed by atoms with Crippen LogP contribution in [0.1, 0.15) is 24.9 Å². The molecule has 0 saturated carbocycles. The van der Waals surface area contributed by atoms with E-state index < -0.39 is 6.04 Å². The van der Waals surface area contributed by atoms with Crippen molar-refractivity contribution in [3.05, 3.63) is 66.2 Å². The number of nitrogens with one attached hydrogen (secondary N) is 1. The number of carbonyl (C=O) groups is 1. The third kappa shape index (κ3) is 4.60. The number of piperidine rings is 1. The van der Waals surface area contributed by atoms with E-state index in [9.17, 15) is 4.79 Å². The van der Waals surface area contributed by atoms with Crippen LogP contribution in [-0.2, 0) is 9.53 Å². The van der Waals surface area contributed by atoms with E-state index in [1.165, 1.54) is 0 Å². The monoisotopic (exact) mass is 338 g/mol. The molecule has 4 heteroatoms. The Kier molecular flexibility index (Phi) is 5.71. The lowest BCUT2D eigenvalue weighted by atomic mass is 9.96. The summed E-state index contributed by atoms with van der Waals surface area (Å²) in [6.07, 6.45) is 0.992. The van der Waals surface area contributed by atoms with Crippen LogP contribution in [-0.4, -0.2) is 37.1 Å². The van der Waals surface area contributed by atoms with Gasteiger partial charge in [0, 0.05) is 12.2 Å². The lowest BCUT2D eigenvalue weighted by Gasteiger charge is -2.35. The van der Waals surface area contributed by atoms with Gasteiger partial charge in [-0.05, 0) is 43.6 Å². The summed E-state index contributed by atoms with van der Waals surface area (Å²) in [5.74, 6) is 0.163. The van der Waals surface area contributed by atoms with E-state index >= 15 is 0 Å². The average molecular weight is 338 g/mol. The highest BCUT2D eigenvalue weighted by Gasteiger charge is 2.31. The predicted octanol–water partition coefficient (Wildman–Crippen LogP) is 3.72. The minimum atomic E-state index is -0.511. The van der Waals surface area contributed by atoms with E-state index in [1.54, 1.807) is 0 Å². The molecule has 0 spiro atoms. The predicted molar refractivity (Wildman–Crippen MR) is 100 cm³/mol. The molecule has 0 aromatic heterocycles. The zero-order valence-corrected chi connectivity index (χ0v) is 14.9. The maximum absolute atomic E-state index is 13.0. The number of likely N-dealkylation sites (N-methyl/N-ethyl adjacent to an activating group) is 1. The van der Waals surface area contributed by atoms with Gasteiger partial charge in [-0.2, -0.15) is 0 Å². The van der Waals surface area contributed by atoms with E-state index in [1.807, 2.05) is 60.7 Å². The van der Waals surface area contributed by atoms with Gasteiger partial charge in [0.1, 0.15) is 6.10 Å². The Morgan fingerprint density at radius 2 is 1.76 bits per heavy atom. The van der Waals surface area contributed by atoms with Crippen molar-refractivity contribution in [2.45, 2.75) is 25.5 Å². The zero-order chi connectivity index (χ0) is 17.6. The first-order chi connectivity index (χ1) is 12.1. The molecule has 1 unspecified atom stereocenters. The third-order valence-electron chi connectivity index (χ3n) is 4.81. The quantitative estimate of drug-likeness (QED) is 0.844. The van der Waals surface area contributed by atoms with Crippen molar-refractivity contribution in [1.82, 2.24) is 4.90 Å². The second kappa shape index (κ2) is 8.17. The van der Waals surface area contributed by atoms with Gasteiger partial charge in [-0.1, -0.05) is 55.5 Å². The number of anilines is 1. The molecular formula is C21H26N2O2. The molecule has 3 rings (SSSR count). The molecule has 0 radical (unpaired) electrons. The van der Waals surface area contributed by atoms with Gasteiger partial charge in [0.2, 0.25) is 0 Å². The fraction of sp³-hybridized carbons (Fsp3) is 0.381.